The molecule has 0 saturated heterocycles. The highest BCUT2D eigenvalue weighted by atomic mass is 16.3. The van der Waals surface area contributed by atoms with Gasteiger partial charge in [-0.05, 0) is 156 Å². The third-order valence-corrected chi connectivity index (χ3v) is 7.42. The Morgan fingerprint density at radius 1 is 0.321 bits per heavy atom. The number of nitrogens with zero attached hydrogens (tertiary/aromatic N) is 4. The van der Waals surface area contributed by atoms with E-state index in [1.165, 1.54) is 44.5 Å². The molecule has 0 bridgehead atoms. The monoisotopic (exact) mass is 753 g/mol. The topological polar surface area (TPSA) is 64.7 Å². The summed E-state index contributed by atoms with van der Waals surface area (Å²) in [7, 11) is 0. The van der Waals surface area contributed by atoms with Gasteiger partial charge in [-0.1, -0.05) is 102 Å². The predicted octanol–water partition coefficient (Wildman–Crippen LogP) is 13.9. The van der Waals surface area contributed by atoms with Crippen LogP contribution in [0, 0.1) is 96.9 Å². The quantitative estimate of drug-likeness (QED) is 0.154. The maximum atomic E-state index is 5.08. The Kier molecular flexibility index (Phi) is 25.8. The minimum absolute atomic E-state index is 0. The maximum Gasteiger partial charge on any atom is 0.101 e. The van der Waals surface area contributed by atoms with Crippen molar-refractivity contribution >= 4 is 0 Å². The van der Waals surface area contributed by atoms with E-state index in [0.717, 1.165) is 34.3 Å². The lowest BCUT2D eigenvalue weighted by Crippen LogP contribution is -1.81. The highest BCUT2D eigenvalue weighted by Crippen LogP contribution is 2.03. The van der Waals surface area contributed by atoms with Gasteiger partial charge in [-0.3, -0.25) is 19.9 Å². The van der Waals surface area contributed by atoms with E-state index < -0.39 is 0 Å². The molecule has 0 fully saturated rings. The van der Waals surface area contributed by atoms with Gasteiger partial charge in [-0.25, -0.2) is 0 Å². The number of furan rings is 1. The van der Waals surface area contributed by atoms with Crippen LogP contribution in [-0.2, 0) is 0 Å². The van der Waals surface area contributed by atoms with E-state index >= 15 is 0 Å². The largest absolute Gasteiger partial charge is 0.467 e. The van der Waals surface area contributed by atoms with Gasteiger partial charge in [0.1, 0.15) is 11.5 Å². The highest BCUT2D eigenvalue weighted by molar-refractivity contribution is 5.21. The molecule has 7 rings (SSSR count). The number of pyridine rings is 4. The Hall–Kier alpha value is -5.68. The molecular formula is C51H68N4O. The van der Waals surface area contributed by atoms with Crippen molar-refractivity contribution in [2.75, 3.05) is 0 Å². The standard InChI is InChI=1S/2C8H10.4C7H9N.C6H8O.CH4/c1-7-3-5-8(2)6-4-7;1-7-4-3-5-8(2)6-7;1-6-3-7(2)5-8-4-6;2*1-6-3-4-7(2)8-5-6;1-6-4-3-5-7(2)8-6;1-5-3-4-6(2)7-5;/h2*3-6H,1-2H3;4*3-5H,1-2H3;3-4H,1-2H3;1H4. The van der Waals surface area contributed by atoms with Crippen LogP contribution < -0.4 is 0 Å². The van der Waals surface area contributed by atoms with E-state index in [4.69, 9.17) is 4.42 Å². The van der Waals surface area contributed by atoms with E-state index in [9.17, 15) is 0 Å². The van der Waals surface area contributed by atoms with Crippen molar-refractivity contribution in [3.05, 3.63) is 213 Å². The van der Waals surface area contributed by atoms with Gasteiger partial charge in [-0.2, -0.15) is 0 Å². The highest BCUT2D eigenvalue weighted by Gasteiger charge is 1.87. The Morgan fingerprint density at radius 3 is 0.893 bits per heavy atom. The lowest BCUT2D eigenvalue weighted by molar-refractivity contribution is 0.504. The molecule has 5 heteroatoms. The van der Waals surface area contributed by atoms with Crippen molar-refractivity contribution in [2.24, 2.45) is 0 Å². The lowest BCUT2D eigenvalue weighted by Gasteiger charge is -1.90. The van der Waals surface area contributed by atoms with Crippen LogP contribution in [0.3, 0.4) is 0 Å². The molecular weight excluding hydrogens is 685 g/mol. The molecule has 298 valence electrons. The molecule has 56 heavy (non-hydrogen) atoms. The minimum atomic E-state index is 0. The summed E-state index contributed by atoms with van der Waals surface area (Å²) in [6.45, 7) is 28.4. The molecule has 5 nitrogen and oxygen atoms in total. The molecule has 0 aliphatic heterocycles. The number of rotatable bonds is 0. The molecule has 0 aliphatic carbocycles. The first-order valence-electron chi connectivity index (χ1n) is 18.7. The smallest absolute Gasteiger partial charge is 0.101 e. The van der Waals surface area contributed by atoms with Crippen LogP contribution in [0.5, 0.6) is 0 Å². The first-order chi connectivity index (χ1) is 26.0. The van der Waals surface area contributed by atoms with Crippen molar-refractivity contribution in [3.63, 3.8) is 0 Å². The molecule has 0 spiro atoms. The molecule has 0 unspecified atom stereocenters. The Labute approximate surface area is 340 Å². The molecule has 5 aromatic heterocycles. The van der Waals surface area contributed by atoms with Crippen molar-refractivity contribution in [2.45, 2.75) is 104 Å². The third kappa shape index (κ3) is 27.0. The van der Waals surface area contributed by atoms with Crippen LogP contribution in [0.2, 0.25) is 0 Å². The summed E-state index contributed by atoms with van der Waals surface area (Å²) >= 11 is 0. The molecule has 0 atom stereocenters. The molecule has 0 saturated carbocycles. The third-order valence-electron chi connectivity index (χ3n) is 7.42. The Bertz CT molecular complexity index is 1690. The van der Waals surface area contributed by atoms with E-state index in [1.807, 2.05) is 136 Å². The zero-order valence-electron chi connectivity index (χ0n) is 35.9. The van der Waals surface area contributed by atoms with Gasteiger partial charge in [-0.15, -0.1) is 0 Å². The van der Waals surface area contributed by atoms with E-state index in [1.54, 1.807) is 0 Å². The van der Waals surface area contributed by atoms with Gasteiger partial charge in [0.05, 0.1) is 0 Å². The molecule has 5 heterocycles. The fourth-order valence-electron chi connectivity index (χ4n) is 4.47. The summed E-state index contributed by atoms with van der Waals surface area (Å²) in [6.07, 6.45) is 7.45. The Morgan fingerprint density at radius 2 is 0.679 bits per heavy atom. The zero-order valence-corrected chi connectivity index (χ0v) is 35.9. The molecule has 0 N–H and O–H groups in total. The average Bonchev–Trinajstić information content (AvgIpc) is 3.52. The van der Waals surface area contributed by atoms with Crippen LogP contribution in [0.25, 0.3) is 0 Å². The normalized spacial score (nSPS) is 9.11. The minimum Gasteiger partial charge on any atom is -0.467 e. The van der Waals surface area contributed by atoms with E-state index in [-0.39, 0.29) is 7.43 Å². The number of hydrogen-bond acceptors (Lipinski definition) is 5. The summed E-state index contributed by atoms with van der Waals surface area (Å²) in [5.74, 6) is 1.97. The van der Waals surface area contributed by atoms with Crippen LogP contribution in [0.15, 0.2) is 138 Å². The number of benzene rings is 2. The summed E-state index contributed by atoms with van der Waals surface area (Å²) < 4.78 is 5.08. The van der Waals surface area contributed by atoms with Crippen molar-refractivity contribution in [1.29, 1.82) is 0 Å². The van der Waals surface area contributed by atoms with Gasteiger partial charge in [0.2, 0.25) is 0 Å². The van der Waals surface area contributed by atoms with Crippen molar-refractivity contribution < 1.29 is 4.42 Å². The first-order valence-corrected chi connectivity index (χ1v) is 18.7. The molecule has 2 aromatic carbocycles. The average molecular weight is 753 g/mol. The predicted molar refractivity (Wildman–Crippen MR) is 242 cm³/mol. The van der Waals surface area contributed by atoms with E-state index in [0.29, 0.717) is 0 Å². The van der Waals surface area contributed by atoms with E-state index in [2.05, 4.69) is 114 Å². The fraction of sp³-hybridized carbons (Fsp3) is 0.294. The second-order valence-electron chi connectivity index (χ2n) is 13.9. The number of aromatic nitrogens is 4. The van der Waals surface area contributed by atoms with Crippen LogP contribution >= 0.6 is 0 Å². The van der Waals surface area contributed by atoms with Crippen molar-refractivity contribution in [1.82, 2.24) is 19.9 Å². The van der Waals surface area contributed by atoms with Gasteiger partial charge in [0, 0.05) is 47.6 Å². The second kappa shape index (κ2) is 28.7. The molecule has 0 amide bonds. The van der Waals surface area contributed by atoms with Crippen molar-refractivity contribution in [3.8, 4) is 0 Å². The second-order valence-corrected chi connectivity index (χ2v) is 13.9. The van der Waals surface area contributed by atoms with Gasteiger partial charge >= 0.3 is 0 Å². The van der Waals surface area contributed by atoms with Gasteiger partial charge in [0.25, 0.3) is 0 Å². The van der Waals surface area contributed by atoms with Crippen LogP contribution in [0.1, 0.15) is 86.2 Å². The maximum absolute atomic E-state index is 5.08. The lowest BCUT2D eigenvalue weighted by atomic mass is 10.2. The number of aryl methyl sites for hydroxylation is 14. The fourth-order valence-corrected chi connectivity index (χ4v) is 4.47. The molecule has 0 aliphatic rings. The first kappa shape index (κ1) is 50.3. The van der Waals surface area contributed by atoms with Crippen LogP contribution in [-0.4, -0.2) is 19.9 Å². The summed E-state index contributed by atoms with van der Waals surface area (Å²) in [5.41, 5.74) is 14.6. The molecule has 0 radical (unpaired) electrons. The summed E-state index contributed by atoms with van der Waals surface area (Å²) in [5, 5.41) is 0. The molecule has 7 aromatic rings. The summed E-state index contributed by atoms with van der Waals surface area (Å²) in [6, 6.07) is 37.1. The Balaban J connectivity index is 0.000000629. The summed E-state index contributed by atoms with van der Waals surface area (Å²) in [4.78, 5) is 16.3. The van der Waals surface area contributed by atoms with Crippen LogP contribution in [0.4, 0.5) is 0 Å². The number of hydrogen-bond donors (Lipinski definition) is 0. The van der Waals surface area contributed by atoms with Gasteiger partial charge in [0.15, 0.2) is 0 Å². The van der Waals surface area contributed by atoms with Gasteiger partial charge < -0.3 is 4.42 Å². The zero-order chi connectivity index (χ0) is 41.2. The SMILES string of the molecule is C.Cc1ccc(C)cc1.Cc1ccc(C)nc1.Cc1ccc(C)nc1.Cc1ccc(C)o1.Cc1cccc(C)c1.Cc1cccc(C)n1.Cc1cncc(C)c1.